The molecule has 0 aliphatic carbocycles. The van der Waals surface area contributed by atoms with Gasteiger partial charge in [-0.05, 0) is 38.5 Å². The van der Waals surface area contributed by atoms with Crippen LogP contribution in [0.15, 0.2) is 35.4 Å². The van der Waals surface area contributed by atoms with Crippen LogP contribution in [0, 0.1) is 20.8 Å². The fraction of sp³-hybridized carbons (Fsp3) is 0.278. The lowest BCUT2D eigenvalue weighted by molar-refractivity contribution is -0.115. The average Bonchev–Trinajstić information content (AvgIpc) is 2.86. The molecular weight excluding hydrogens is 338 g/mol. The molecule has 3 rings (SSSR count). The van der Waals surface area contributed by atoms with E-state index in [0.717, 1.165) is 26.8 Å². The van der Waals surface area contributed by atoms with E-state index >= 15 is 0 Å². The van der Waals surface area contributed by atoms with Crippen LogP contribution in [0.2, 0.25) is 0 Å². The van der Waals surface area contributed by atoms with Gasteiger partial charge in [-0.2, -0.15) is 0 Å². The van der Waals surface area contributed by atoms with Gasteiger partial charge in [0.25, 0.3) is 0 Å². The fourth-order valence-electron chi connectivity index (χ4n) is 2.44. The molecule has 0 bridgehead atoms. The van der Waals surface area contributed by atoms with Gasteiger partial charge in [0, 0.05) is 23.0 Å². The third-order valence-electron chi connectivity index (χ3n) is 3.96. The van der Waals surface area contributed by atoms with Gasteiger partial charge in [-0.15, -0.1) is 11.3 Å². The van der Waals surface area contributed by atoms with E-state index in [1.165, 1.54) is 22.2 Å². The molecule has 0 fully saturated rings. The molecule has 1 aromatic carbocycles. The predicted octanol–water partition coefficient (Wildman–Crippen LogP) is 4.37. The standard InChI is InChI=1S/C18H19N3OS2/c1-11-12(2)24-18-16(11)17(19-13(3)20-18)23-10-15(22)21(4)14-8-6-5-7-9-14/h5-9H,10H2,1-4H3. The van der Waals surface area contributed by atoms with Crippen LogP contribution in [0.4, 0.5) is 5.69 Å². The summed E-state index contributed by atoms with van der Waals surface area (Å²) in [6, 6.07) is 9.67. The maximum absolute atomic E-state index is 12.5. The Morgan fingerprint density at radius 3 is 2.58 bits per heavy atom. The van der Waals surface area contributed by atoms with Crippen LogP contribution in [0.5, 0.6) is 0 Å². The van der Waals surface area contributed by atoms with Crippen molar-refractivity contribution in [1.29, 1.82) is 0 Å². The predicted molar refractivity (Wildman–Crippen MR) is 102 cm³/mol. The summed E-state index contributed by atoms with van der Waals surface area (Å²) in [5, 5.41) is 1.98. The molecule has 0 aliphatic rings. The number of aromatic nitrogens is 2. The summed E-state index contributed by atoms with van der Waals surface area (Å²) in [7, 11) is 1.80. The number of hydrogen-bond acceptors (Lipinski definition) is 5. The van der Waals surface area contributed by atoms with Crippen molar-refractivity contribution in [2.24, 2.45) is 0 Å². The summed E-state index contributed by atoms with van der Waals surface area (Å²) in [6.07, 6.45) is 0. The van der Waals surface area contributed by atoms with Crippen molar-refractivity contribution in [2.45, 2.75) is 25.8 Å². The van der Waals surface area contributed by atoms with Gasteiger partial charge in [-0.3, -0.25) is 4.79 Å². The summed E-state index contributed by atoms with van der Waals surface area (Å²) < 4.78 is 0. The van der Waals surface area contributed by atoms with Crippen LogP contribution >= 0.6 is 23.1 Å². The summed E-state index contributed by atoms with van der Waals surface area (Å²) in [4.78, 5) is 25.5. The van der Waals surface area contributed by atoms with E-state index in [4.69, 9.17) is 0 Å². The Kier molecular flexibility index (Phi) is 4.87. The minimum Gasteiger partial charge on any atom is -0.315 e. The lowest BCUT2D eigenvalue weighted by Crippen LogP contribution is -2.27. The highest BCUT2D eigenvalue weighted by atomic mass is 32.2. The number of rotatable bonds is 4. The number of carbonyl (C=O) groups is 1. The molecule has 0 radical (unpaired) electrons. The highest BCUT2D eigenvalue weighted by Gasteiger charge is 2.17. The molecule has 0 saturated carbocycles. The molecule has 0 aliphatic heterocycles. The SMILES string of the molecule is Cc1nc(SCC(=O)N(C)c2ccccc2)c2c(C)c(C)sc2n1. The van der Waals surface area contributed by atoms with Crippen molar-refractivity contribution in [3.8, 4) is 0 Å². The number of hydrogen-bond donors (Lipinski definition) is 0. The Morgan fingerprint density at radius 2 is 1.88 bits per heavy atom. The third kappa shape index (κ3) is 3.30. The Hall–Kier alpha value is -1.92. The second-order valence-electron chi connectivity index (χ2n) is 5.62. The number of nitrogens with zero attached hydrogens (tertiary/aromatic N) is 3. The van der Waals surface area contributed by atoms with Crippen molar-refractivity contribution in [3.05, 3.63) is 46.6 Å². The topological polar surface area (TPSA) is 46.1 Å². The number of amides is 1. The second-order valence-corrected chi connectivity index (χ2v) is 7.78. The van der Waals surface area contributed by atoms with Crippen molar-refractivity contribution < 1.29 is 4.79 Å². The third-order valence-corrected chi connectivity index (χ3v) is 6.02. The zero-order valence-electron chi connectivity index (χ0n) is 14.2. The quantitative estimate of drug-likeness (QED) is 0.514. The Bertz CT molecular complexity index is 890. The largest absolute Gasteiger partial charge is 0.315 e. The number of anilines is 1. The van der Waals surface area contributed by atoms with Gasteiger partial charge in [0.15, 0.2) is 0 Å². The second kappa shape index (κ2) is 6.91. The average molecular weight is 358 g/mol. The van der Waals surface area contributed by atoms with Crippen LogP contribution in [-0.4, -0.2) is 28.7 Å². The van der Waals surface area contributed by atoms with Gasteiger partial charge >= 0.3 is 0 Å². The highest BCUT2D eigenvalue weighted by molar-refractivity contribution is 8.00. The van der Waals surface area contributed by atoms with Crippen LogP contribution in [0.3, 0.4) is 0 Å². The molecule has 24 heavy (non-hydrogen) atoms. The van der Waals surface area contributed by atoms with E-state index in [1.54, 1.807) is 23.3 Å². The highest BCUT2D eigenvalue weighted by Crippen LogP contribution is 2.35. The molecule has 0 atom stereocenters. The first-order valence-corrected chi connectivity index (χ1v) is 9.46. The minimum absolute atomic E-state index is 0.0558. The van der Waals surface area contributed by atoms with E-state index in [9.17, 15) is 4.79 Å². The first-order valence-electron chi connectivity index (χ1n) is 7.66. The number of thiophene rings is 1. The maximum atomic E-state index is 12.5. The number of thioether (sulfide) groups is 1. The lowest BCUT2D eigenvalue weighted by Gasteiger charge is -2.17. The van der Waals surface area contributed by atoms with E-state index < -0.39 is 0 Å². The summed E-state index contributed by atoms with van der Waals surface area (Å²) >= 11 is 3.17. The smallest absolute Gasteiger partial charge is 0.237 e. The molecule has 3 aromatic rings. The van der Waals surface area contributed by atoms with Crippen LogP contribution in [0.25, 0.3) is 10.2 Å². The summed E-state index contributed by atoms with van der Waals surface area (Å²) in [5.41, 5.74) is 2.11. The molecule has 2 aromatic heterocycles. The molecule has 0 saturated heterocycles. The Labute approximate surface area is 149 Å². The van der Waals surface area contributed by atoms with E-state index in [2.05, 4.69) is 23.8 Å². The van der Waals surface area contributed by atoms with Crippen molar-refractivity contribution >= 4 is 44.9 Å². The number of carbonyl (C=O) groups excluding carboxylic acids is 1. The van der Waals surface area contributed by atoms with E-state index in [1.807, 2.05) is 37.3 Å². The van der Waals surface area contributed by atoms with Crippen molar-refractivity contribution in [2.75, 3.05) is 17.7 Å². The summed E-state index contributed by atoms with van der Waals surface area (Å²) in [6.45, 7) is 6.08. The molecule has 2 heterocycles. The first-order chi connectivity index (χ1) is 11.5. The molecule has 0 N–H and O–H groups in total. The first kappa shape index (κ1) is 16.9. The van der Waals surface area contributed by atoms with Crippen LogP contribution in [-0.2, 0) is 4.79 Å². The van der Waals surface area contributed by atoms with Gasteiger partial charge < -0.3 is 4.90 Å². The maximum Gasteiger partial charge on any atom is 0.237 e. The molecule has 0 spiro atoms. The molecule has 4 nitrogen and oxygen atoms in total. The fourth-order valence-corrected chi connectivity index (χ4v) is 4.63. The van der Waals surface area contributed by atoms with Gasteiger partial charge in [-0.25, -0.2) is 9.97 Å². The number of aryl methyl sites for hydroxylation is 3. The number of benzene rings is 1. The Morgan fingerprint density at radius 1 is 1.17 bits per heavy atom. The Balaban J connectivity index is 1.82. The molecule has 0 unspecified atom stereocenters. The van der Waals surface area contributed by atoms with Gasteiger partial charge in [0.05, 0.1) is 5.75 Å². The van der Waals surface area contributed by atoms with Gasteiger partial charge in [-0.1, -0.05) is 30.0 Å². The minimum atomic E-state index is 0.0558. The lowest BCUT2D eigenvalue weighted by atomic mass is 10.2. The normalized spacial score (nSPS) is 11.0. The molecule has 6 heteroatoms. The number of fused-ring (bicyclic) bond motifs is 1. The van der Waals surface area contributed by atoms with Crippen molar-refractivity contribution in [3.63, 3.8) is 0 Å². The van der Waals surface area contributed by atoms with Gasteiger partial charge in [0.1, 0.15) is 15.7 Å². The summed E-state index contributed by atoms with van der Waals surface area (Å²) in [5.74, 6) is 1.15. The van der Waals surface area contributed by atoms with Crippen LogP contribution in [0.1, 0.15) is 16.3 Å². The van der Waals surface area contributed by atoms with Crippen LogP contribution < -0.4 is 4.90 Å². The molecule has 124 valence electrons. The van der Waals surface area contributed by atoms with E-state index in [-0.39, 0.29) is 5.91 Å². The zero-order chi connectivity index (χ0) is 17.3. The van der Waals surface area contributed by atoms with E-state index in [0.29, 0.717) is 5.75 Å². The molecular formula is C18H19N3OS2. The molecule has 1 amide bonds. The van der Waals surface area contributed by atoms with Crippen molar-refractivity contribution in [1.82, 2.24) is 9.97 Å². The number of para-hydroxylation sites is 1. The van der Waals surface area contributed by atoms with Gasteiger partial charge in [0.2, 0.25) is 5.91 Å². The monoisotopic (exact) mass is 357 g/mol. The zero-order valence-corrected chi connectivity index (χ0v) is 15.8.